The number of carboxylic acids is 1. The number of aliphatic carboxylic acids is 1. The maximum Gasteiger partial charge on any atom is 0.315 e. The molecule has 114 valence electrons. The second-order valence-corrected chi connectivity index (χ2v) is 5.35. The summed E-state index contributed by atoms with van der Waals surface area (Å²) in [6.45, 7) is 4.93. The van der Waals surface area contributed by atoms with E-state index in [0.717, 1.165) is 13.1 Å². The highest BCUT2D eigenvalue weighted by Crippen LogP contribution is 2.25. The maximum absolute atomic E-state index is 11.7. The van der Waals surface area contributed by atoms with Crippen LogP contribution in [-0.2, 0) is 9.53 Å². The number of carboxylic acid groups (broad SMARTS) is 1. The molecule has 0 aromatic heterocycles. The van der Waals surface area contributed by atoms with Crippen LogP contribution in [-0.4, -0.2) is 66.9 Å². The molecule has 0 spiro atoms. The Labute approximate surface area is 118 Å². The Kier molecular flexibility index (Phi) is 5.19. The first-order valence-electron chi connectivity index (χ1n) is 7.20. The highest BCUT2D eigenvalue weighted by atomic mass is 16.5. The molecule has 0 aromatic rings. The molecule has 2 unspecified atom stereocenters. The molecule has 2 rings (SSSR count). The van der Waals surface area contributed by atoms with E-state index in [1.54, 1.807) is 0 Å². The topological polar surface area (TPSA) is 90.9 Å². The summed E-state index contributed by atoms with van der Waals surface area (Å²) in [5.41, 5.74) is 0. The molecule has 1 aliphatic carbocycles. The summed E-state index contributed by atoms with van der Waals surface area (Å²) in [5.74, 6) is -1.59. The Morgan fingerprint density at radius 1 is 1.35 bits per heavy atom. The fourth-order valence-corrected chi connectivity index (χ4v) is 2.51. The summed E-state index contributed by atoms with van der Waals surface area (Å²) in [5, 5.41) is 14.4. The molecule has 1 aliphatic heterocycles. The van der Waals surface area contributed by atoms with Gasteiger partial charge in [-0.05, 0) is 19.4 Å². The van der Waals surface area contributed by atoms with Crippen LogP contribution < -0.4 is 10.6 Å². The third-order valence-corrected chi connectivity index (χ3v) is 3.87. The average Bonchev–Trinajstić information content (AvgIpc) is 3.14. The summed E-state index contributed by atoms with van der Waals surface area (Å²) in [7, 11) is 0. The Bertz CT molecular complexity index is 360. The molecule has 3 N–H and O–H groups in total. The lowest BCUT2D eigenvalue weighted by Gasteiger charge is -2.21. The van der Waals surface area contributed by atoms with Gasteiger partial charge in [-0.3, -0.25) is 9.69 Å². The van der Waals surface area contributed by atoms with Crippen molar-refractivity contribution in [1.82, 2.24) is 15.5 Å². The van der Waals surface area contributed by atoms with Crippen molar-refractivity contribution >= 4 is 12.0 Å². The molecule has 0 bridgehead atoms. The predicted molar refractivity (Wildman–Crippen MR) is 72.5 cm³/mol. The van der Waals surface area contributed by atoms with Crippen LogP contribution in [0.25, 0.3) is 0 Å². The van der Waals surface area contributed by atoms with Gasteiger partial charge in [0.25, 0.3) is 0 Å². The van der Waals surface area contributed by atoms with Crippen molar-refractivity contribution in [3.63, 3.8) is 0 Å². The number of amides is 2. The number of ether oxygens (including phenoxy) is 1. The molecule has 1 heterocycles. The zero-order chi connectivity index (χ0) is 14.5. The first kappa shape index (κ1) is 15.1. The third kappa shape index (κ3) is 4.08. The van der Waals surface area contributed by atoms with Crippen molar-refractivity contribution in [3.8, 4) is 0 Å². The predicted octanol–water partition coefficient (Wildman–Crippen LogP) is -0.130. The number of rotatable bonds is 7. The van der Waals surface area contributed by atoms with Crippen LogP contribution in [0.3, 0.4) is 0 Å². The standard InChI is InChI=1S/C13H23N3O4/c1-2-16(9-3-4-9)6-5-14-13(19)15-11-8-20-7-10(11)12(17)18/h9-11H,2-8H2,1H3,(H,17,18)(H2,14,15,19). The molecular weight excluding hydrogens is 262 g/mol. The molecule has 0 radical (unpaired) electrons. The van der Waals surface area contributed by atoms with Crippen LogP contribution in [0.4, 0.5) is 4.79 Å². The van der Waals surface area contributed by atoms with Crippen LogP contribution in [0.1, 0.15) is 19.8 Å². The van der Waals surface area contributed by atoms with E-state index < -0.39 is 17.9 Å². The van der Waals surface area contributed by atoms with Crippen molar-refractivity contribution < 1.29 is 19.4 Å². The molecule has 7 nitrogen and oxygen atoms in total. The molecule has 0 aromatic carbocycles. The third-order valence-electron chi connectivity index (χ3n) is 3.87. The molecule has 2 aliphatic rings. The van der Waals surface area contributed by atoms with Gasteiger partial charge in [-0.2, -0.15) is 0 Å². The highest BCUT2D eigenvalue weighted by Gasteiger charge is 2.35. The Morgan fingerprint density at radius 3 is 2.70 bits per heavy atom. The molecule has 1 saturated heterocycles. The number of urea groups is 1. The van der Waals surface area contributed by atoms with Gasteiger partial charge in [-0.15, -0.1) is 0 Å². The minimum atomic E-state index is -0.932. The minimum absolute atomic E-state index is 0.158. The fourth-order valence-electron chi connectivity index (χ4n) is 2.51. The van der Waals surface area contributed by atoms with Crippen LogP contribution in [0.15, 0.2) is 0 Å². The van der Waals surface area contributed by atoms with E-state index in [2.05, 4.69) is 22.5 Å². The number of nitrogens with one attached hydrogen (secondary N) is 2. The molecule has 7 heteroatoms. The molecular formula is C13H23N3O4. The number of nitrogens with zero attached hydrogens (tertiary/aromatic N) is 1. The summed E-state index contributed by atoms with van der Waals surface area (Å²) < 4.78 is 5.10. The number of hydrogen-bond acceptors (Lipinski definition) is 4. The molecule has 20 heavy (non-hydrogen) atoms. The lowest BCUT2D eigenvalue weighted by Crippen LogP contribution is -2.48. The molecule has 2 atom stereocenters. The summed E-state index contributed by atoms with van der Waals surface area (Å²) >= 11 is 0. The van der Waals surface area contributed by atoms with Gasteiger partial charge in [-0.25, -0.2) is 4.79 Å². The van der Waals surface area contributed by atoms with Crippen LogP contribution >= 0.6 is 0 Å². The van der Waals surface area contributed by atoms with E-state index in [9.17, 15) is 9.59 Å². The smallest absolute Gasteiger partial charge is 0.315 e. The van der Waals surface area contributed by atoms with Gasteiger partial charge in [0, 0.05) is 19.1 Å². The first-order valence-corrected chi connectivity index (χ1v) is 7.20. The lowest BCUT2D eigenvalue weighted by atomic mass is 10.0. The second kappa shape index (κ2) is 6.90. The van der Waals surface area contributed by atoms with Gasteiger partial charge in [-0.1, -0.05) is 6.92 Å². The number of carbonyl (C=O) groups excluding carboxylic acids is 1. The second-order valence-electron chi connectivity index (χ2n) is 5.35. The van der Waals surface area contributed by atoms with E-state index in [4.69, 9.17) is 9.84 Å². The molecule has 2 amide bonds. The Hall–Kier alpha value is -1.34. The van der Waals surface area contributed by atoms with Gasteiger partial charge >= 0.3 is 12.0 Å². The first-order chi connectivity index (χ1) is 9.61. The summed E-state index contributed by atoms with van der Waals surface area (Å²) in [6.07, 6.45) is 2.50. The monoisotopic (exact) mass is 285 g/mol. The van der Waals surface area contributed by atoms with Gasteiger partial charge in [0.2, 0.25) is 0 Å². The Morgan fingerprint density at radius 2 is 2.10 bits per heavy atom. The van der Waals surface area contributed by atoms with E-state index in [1.165, 1.54) is 12.8 Å². The number of hydrogen-bond donors (Lipinski definition) is 3. The molecule has 1 saturated carbocycles. The normalized spacial score (nSPS) is 25.7. The minimum Gasteiger partial charge on any atom is -0.481 e. The van der Waals surface area contributed by atoms with Crippen molar-refractivity contribution in [2.75, 3.05) is 32.8 Å². The number of carbonyl (C=O) groups is 2. The average molecular weight is 285 g/mol. The molecule has 2 fully saturated rings. The van der Waals surface area contributed by atoms with Crippen LogP contribution in [0, 0.1) is 5.92 Å². The zero-order valence-corrected chi connectivity index (χ0v) is 11.8. The number of likely N-dealkylation sites (N-methyl/N-ethyl adjacent to an activating group) is 1. The van der Waals surface area contributed by atoms with Gasteiger partial charge < -0.3 is 20.5 Å². The van der Waals surface area contributed by atoms with Gasteiger partial charge in [0.15, 0.2) is 0 Å². The van der Waals surface area contributed by atoms with Crippen molar-refractivity contribution in [3.05, 3.63) is 0 Å². The summed E-state index contributed by atoms with van der Waals surface area (Å²) in [6, 6.07) is -0.0821. The van der Waals surface area contributed by atoms with Gasteiger partial charge in [0.1, 0.15) is 5.92 Å². The Balaban J connectivity index is 1.65. The van der Waals surface area contributed by atoms with Crippen molar-refractivity contribution in [1.29, 1.82) is 0 Å². The fraction of sp³-hybridized carbons (Fsp3) is 0.846. The van der Waals surface area contributed by atoms with E-state index in [1.807, 2.05) is 0 Å². The summed E-state index contributed by atoms with van der Waals surface area (Å²) in [4.78, 5) is 25.0. The van der Waals surface area contributed by atoms with Gasteiger partial charge in [0.05, 0.1) is 19.3 Å². The van der Waals surface area contributed by atoms with Crippen molar-refractivity contribution in [2.45, 2.75) is 31.8 Å². The van der Waals surface area contributed by atoms with E-state index in [-0.39, 0.29) is 19.2 Å². The maximum atomic E-state index is 11.7. The quantitative estimate of drug-likeness (QED) is 0.606. The highest BCUT2D eigenvalue weighted by molar-refractivity contribution is 5.77. The van der Waals surface area contributed by atoms with E-state index in [0.29, 0.717) is 12.6 Å². The zero-order valence-electron chi connectivity index (χ0n) is 11.8. The SMILES string of the molecule is CCN(CCNC(=O)NC1COCC1C(=O)O)C1CC1. The van der Waals surface area contributed by atoms with Crippen LogP contribution in [0.2, 0.25) is 0 Å². The van der Waals surface area contributed by atoms with Crippen molar-refractivity contribution in [2.24, 2.45) is 5.92 Å². The van der Waals surface area contributed by atoms with Crippen LogP contribution in [0.5, 0.6) is 0 Å². The van der Waals surface area contributed by atoms with E-state index >= 15 is 0 Å². The largest absolute Gasteiger partial charge is 0.481 e. The lowest BCUT2D eigenvalue weighted by molar-refractivity contribution is -0.142.